The lowest BCUT2D eigenvalue weighted by molar-refractivity contribution is 0.189. The van der Waals surface area contributed by atoms with Crippen LogP contribution >= 0.6 is 0 Å². The van der Waals surface area contributed by atoms with Crippen LogP contribution in [-0.2, 0) is 14.3 Å². The molecule has 0 saturated heterocycles. The van der Waals surface area contributed by atoms with Gasteiger partial charge in [0.2, 0.25) is 0 Å². The summed E-state index contributed by atoms with van der Waals surface area (Å²) in [6.45, 7) is 4.48. The zero-order valence-electron chi connectivity index (χ0n) is 9.90. The third-order valence-corrected chi connectivity index (χ3v) is 3.84. The van der Waals surface area contributed by atoms with Gasteiger partial charge >= 0.3 is 0 Å². The first-order valence-electron chi connectivity index (χ1n) is 5.76. The van der Waals surface area contributed by atoms with Crippen molar-refractivity contribution in [3.63, 3.8) is 0 Å². The molecule has 1 aliphatic carbocycles. The van der Waals surface area contributed by atoms with E-state index in [9.17, 15) is 8.42 Å². The van der Waals surface area contributed by atoms with Gasteiger partial charge in [0.15, 0.2) is 0 Å². The lowest BCUT2D eigenvalue weighted by atomic mass is 9.89. The van der Waals surface area contributed by atoms with Crippen molar-refractivity contribution in [2.24, 2.45) is 11.8 Å². The first-order valence-corrected chi connectivity index (χ1v) is 7.58. The van der Waals surface area contributed by atoms with Crippen LogP contribution in [0.2, 0.25) is 0 Å². The van der Waals surface area contributed by atoms with E-state index < -0.39 is 10.1 Å². The number of hydrogen-bond acceptors (Lipinski definition) is 3. The predicted octanol–water partition coefficient (Wildman–Crippen LogP) is 2.57. The van der Waals surface area contributed by atoms with Crippen LogP contribution in [0, 0.1) is 11.8 Å². The van der Waals surface area contributed by atoms with E-state index in [1.807, 2.05) is 0 Å². The second kappa shape index (κ2) is 5.30. The van der Waals surface area contributed by atoms with Crippen molar-refractivity contribution in [1.82, 2.24) is 0 Å². The smallest absolute Gasteiger partial charge is 0.264 e. The fourth-order valence-corrected chi connectivity index (χ4v) is 2.99. The van der Waals surface area contributed by atoms with Gasteiger partial charge in [-0.1, -0.05) is 26.7 Å². The van der Waals surface area contributed by atoms with Crippen molar-refractivity contribution >= 4 is 10.1 Å². The van der Waals surface area contributed by atoms with E-state index in [0.29, 0.717) is 5.92 Å². The third kappa shape index (κ3) is 4.98. The van der Waals surface area contributed by atoms with E-state index in [-0.39, 0.29) is 6.10 Å². The van der Waals surface area contributed by atoms with Crippen LogP contribution in [0.1, 0.15) is 46.0 Å². The minimum absolute atomic E-state index is 0.0799. The molecule has 1 saturated carbocycles. The van der Waals surface area contributed by atoms with E-state index in [1.165, 1.54) is 6.42 Å². The summed E-state index contributed by atoms with van der Waals surface area (Å²) < 4.78 is 27.1. The van der Waals surface area contributed by atoms with Gasteiger partial charge in [-0.25, -0.2) is 0 Å². The maximum atomic E-state index is 11.0. The van der Waals surface area contributed by atoms with Crippen LogP contribution < -0.4 is 0 Å². The lowest BCUT2D eigenvalue weighted by Crippen LogP contribution is -2.17. The van der Waals surface area contributed by atoms with E-state index in [2.05, 4.69) is 13.8 Å². The Morgan fingerprint density at radius 1 is 1.13 bits per heavy atom. The molecule has 1 rings (SSSR count). The van der Waals surface area contributed by atoms with Gasteiger partial charge in [0.05, 0.1) is 12.4 Å². The molecule has 2 unspecified atom stereocenters. The largest absolute Gasteiger partial charge is 0.267 e. The maximum absolute atomic E-state index is 11.0. The third-order valence-electron chi connectivity index (χ3n) is 3.21. The van der Waals surface area contributed by atoms with Crippen molar-refractivity contribution in [3.8, 4) is 0 Å². The van der Waals surface area contributed by atoms with Crippen LogP contribution in [0.25, 0.3) is 0 Å². The van der Waals surface area contributed by atoms with Crippen LogP contribution in [0.4, 0.5) is 0 Å². The Bertz CT molecular complexity index is 282. The highest BCUT2D eigenvalue weighted by Crippen LogP contribution is 2.30. The molecule has 0 spiro atoms. The molecule has 4 heteroatoms. The van der Waals surface area contributed by atoms with Crippen LogP contribution in [0.15, 0.2) is 0 Å². The summed E-state index contributed by atoms with van der Waals surface area (Å²) in [6, 6.07) is 0. The van der Waals surface area contributed by atoms with Crippen molar-refractivity contribution in [3.05, 3.63) is 0 Å². The molecule has 1 fully saturated rings. The molecule has 90 valence electrons. The summed E-state index contributed by atoms with van der Waals surface area (Å²) in [4.78, 5) is 0. The summed E-state index contributed by atoms with van der Waals surface area (Å²) in [7, 11) is -3.28. The number of hydrogen-bond donors (Lipinski definition) is 0. The van der Waals surface area contributed by atoms with E-state index >= 15 is 0 Å². The molecule has 2 atom stereocenters. The molecule has 15 heavy (non-hydrogen) atoms. The molecule has 0 amide bonds. The van der Waals surface area contributed by atoms with Crippen LogP contribution in [-0.4, -0.2) is 20.8 Å². The molecule has 0 aliphatic heterocycles. The summed E-state index contributed by atoms with van der Waals surface area (Å²) in [5.41, 5.74) is 0. The molecule has 0 aromatic heterocycles. The van der Waals surface area contributed by atoms with Gasteiger partial charge in [-0.2, -0.15) is 8.42 Å². The standard InChI is InChI=1S/C11H22O3S/c1-9(2)10-5-4-6-11(8-7-10)14-15(3,12)13/h9-11H,4-8H2,1-3H3. The van der Waals surface area contributed by atoms with Gasteiger partial charge in [-0.05, 0) is 31.1 Å². The quantitative estimate of drug-likeness (QED) is 0.557. The van der Waals surface area contributed by atoms with Gasteiger partial charge in [-0.3, -0.25) is 4.18 Å². The average Bonchev–Trinajstić information content (AvgIpc) is 2.26. The normalized spacial score (nSPS) is 29.1. The molecule has 3 nitrogen and oxygen atoms in total. The van der Waals surface area contributed by atoms with E-state index in [1.54, 1.807) is 0 Å². The molecule has 0 heterocycles. The highest BCUT2D eigenvalue weighted by atomic mass is 32.2. The second-order valence-electron chi connectivity index (χ2n) is 4.93. The Hall–Kier alpha value is -0.0900. The molecule has 0 N–H and O–H groups in total. The molecule has 0 bridgehead atoms. The summed E-state index contributed by atoms with van der Waals surface area (Å²) in [5, 5.41) is 0. The van der Waals surface area contributed by atoms with Gasteiger partial charge in [0.25, 0.3) is 10.1 Å². The fourth-order valence-electron chi connectivity index (χ4n) is 2.31. The molecule has 0 aromatic carbocycles. The monoisotopic (exact) mass is 234 g/mol. The minimum atomic E-state index is -3.28. The zero-order valence-corrected chi connectivity index (χ0v) is 10.7. The molecular formula is C11H22O3S. The van der Waals surface area contributed by atoms with Gasteiger partial charge in [-0.15, -0.1) is 0 Å². The summed E-state index contributed by atoms with van der Waals surface area (Å²) in [6.07, 6.45) is 6.22. The van der Waals surface area contributed by atoms with Crippen molar-refractivity contribution in [2.45, 2.75) is 52.1 Å². The van der Waals surface area contributed by atoms with Gasteiger partial charge in [0.1, 0.15) is 0 Å². The molecule has 0 aromatic rings. The average molecular weight is 234 g/mol. The first-order chi connectivity index (χ1) is 6.88. The van der Waals surface area contributed by atoms with Crippen molar-refractivity contribution in [2.75, 3.05) is 6.26 Å². The first kappa shape index (κ1) is 13.0. The highest BCUT2D eigenvalue weighted by molar-refractivity contribution is 7.86. The Labute approximate surface area is 93.3 Å². The van der Waals surface area contributed by atoms with Crippen LogP contribution in [0.3, 0.4) is 0 Å². The Kier molecular flexibility index (Phi) is 4.59. The Balaban J connectivity index is 2.46. The zero-order chi connectivity index (χ0) is 11.5. The minimum Gasteiger partial charge on any atom is -0.267 e. The molecular weight excluding hydrogens is 212 g/mol. The number of rotatable bonds is 3. The van der Waals surface area contributed by atoms with Crippen molar-refractivity contribution < 1.29 is 12.6 Å². The lowest BCUT2D eigenvalue weighted by Gasteiger charge is -2.18. The van der Waals surface area contributed by atoms with Gasteiger partial charge < -0.3 is 0 Å². The fraction of sp³-hybridized carbons (Fsp3) is 1.00. The maximum Gasteiger partial charge on any atom is 0.264 e. The topological polar surface area (TPSA) is 43.4 Å². The van der Waals surface area contributed by atoms with Crippen molar-refractivity contribution in [1.29, 1.82) is 0 Å². The van der Waals surface area contributed by atoms with E-state index in [0.717, 1.165) is 37.9 Å². The molecule has 1 aliphatic rings. The predicted molar refractivity (Wildman–Crippen MR) is 61.1 cm³/mol. The van der Waals surface area contributed by atoms with Crippen LogP contribution in [0.5, 0.6) is 0 Å². The van der Waals surface area contributed by atoms with Gasteiger partial charge in [0, 0.05) is 0 Å². The second-order valence-corrected chi connectivity index (χ2v) is 6.54. The SMILES string of the molecule is CC(C)C1CCCC(OS(C)(=O)=O)CC1. The van der Waals surface area contributed by atoms with E-state index in [4.69, 9.17) is 4.18 Å². The summed E-state index contributed by atoms with van der Waals surface area (Å²) in [5.74, 6) is 1.43. The highest BCUT2D eigenvalue weighted by Gasteiger charge is 2.23. The summed E-state index contributed by atoms with van der Waals surface area (Å²) >= 11 is 0. The Morgan fingerprint density at radius 3 is 2.33 bits per heavy atom. The Morgan fingerprint density at radius 2 is 1.80 bits per heavy atom. The molecule has 0 radical (unpaired) electrons.